The first-order valence-corrected chi connectivity index (χ1v) is 9.73. The number of pyridine rings is 1. The lowest BCUT2D eigenvalue weighted by atomic mass is 9.97. The van der Waals surface area contributed by atoms with Gasteiger partial charge in [0.05, 0.1) is 6.54 Å². The molecule has 2 aromatic rings. The third-order valence-corrected chi connectivity index (χ3v) is 5.27. The second-order valence-electron chi connectivity index (χ2n) is 7.42. The van der Waals surface area contributed by atoms with Crippen LogP contribution >= 0.6 is 0 Å². The number of hydrogen-bond acceptors (Lipinski definition) is 3. The van der Waals surface area contributed by atoms with Crippen molar-refractivity contribution < 1.29 is 14.7 Å². The highest BCUT2D eigenvalue weighted by Gasteiger charge is 2.29. The van der Waals surface area contributed by atoms with E-state index in [0.717, 1.165) is 30.4 Å². The standard InChI is InChI=1S/C22H26N2O4/c1-16-6-4-7-17(14-16)15-23-12-5-9-19(21(23)27)22(28)24-13-3-2-8-18(24)10-11-20(25)26/h4-7,9,12,14,18H,2-3,8,10-11,13,15H2,1H3,(H,25,26). The lowest BCUT2D eigenvalue weighted by Crippen LogP contribution is -2.46. The average Bonchev–Trinajstić information content (AvgIpc) is 2.68. The van der Waals surface area contributed by atoms with Gasteiger partial charge in [0.15, 0.2) is 0 Å². The summed E-state index contributed by atoms with van der Waals surface area (Å²) in [6.07, 6.45) is 4.77. The molecule has 1 aliphatic heterocycles. The van der Waals surface area contributed by atoms with Crippen molar-refractivity contribution in [1.29, 1.82) is 0 Å². The molecule has 1 atom stereocenters. The molecule has 1 saturated heterocycles. The molecule has 1 unspecified atom stereocenters. The number of carbonyl (C=O) groups is 2. The van der Waals surface area contributed by atoms with E-state index in [1.165, 1.54) is 0 Å². The second kappa shape index (κ2) is 8.87. The van der Waals surface area contributed by atoms with Crippen LogP contribution in [-0.4, -0.2) is 39.0 Å². The van der Waals surface area contributed by atoms with Gasteiger partial charge in [-0.25, -0.2) is 0 Å². The van der Waals surface area contributed by atoms with E-state index in [0.29, 0.717) is 19.5 Å². The summed E-state index contributed by atoms with van der Waals surface area (Å²) in [5.74, 6) is -1.16. The Hall–Kier alpha value is -2.89. The van der Waals surface area contributed by atoms with Crippen LogP contribution in [0.1, 0.15) is 53.6 Å². The molecule has 1 aromatic carbocycles. The Bertz CT molecular complexity index is 919. The molecule has 0 radical (unpaired) electrons. The van der Waals surface area contributed by atoms with E-state index in [-0.39, 0.29) is 29.5 Å². The highest BCUT2D eigenvalue weighted by Crippen LogP contribution is 2.22. The first-order chi connectivity index (χ1) is 13.5. The molecule has 1 aromatic heterocycles. The summed E-state index contributed by atoms with van der Waals surface area (Å²) in [5, 5.41) is 8.97. The summed E-state index contributed by atoms with van der Waals surface area (Å²) in [6, 6.07) is 11.1. The van der Waals surface area contributed by atoms with Crippen LogP contribution in [0.3, 0.4) is 0 Å². The van der Waals surface area contributed by atoms with Gasteiger partial charge in [-0.15, -0.1) is 0 Å². The van der Waals surface area contributed by atoms with Gasteiger partial charge in [0.2, 0.25) is 0 Å². The molecule has 3 rings (SSSR count). The van der Waals surface area contributed by atoms with Gasteiger partial charge in [0, 0.05) is 25.2 Å². The third kappa shape index (κ3) is 4.68. The molecule has 1 fully saturated rings. The maximum atomic E-state index is 13.1. The van der Waals surface area contributed by atoms with Crippen LogP contribution in [0, 0.1) is 6.92 Å². The van der Waals surface area contributed by atoms with Crippen molar-refractivity contribution in [3.63, 3.8) is 0 Å². The summed E-state index contributed by atoms with van der Waals surface area (Å²) >= 11 is 0. The van der Waals surface area contributed by atoms with Crippen LogP contribution in [0.2, 0.25) is 0 Å². The Morgan fingerprint density at radius 3 is 2.75 bits per heavy atom. The number of carbonyl (C=O) groups excluding carboxylic acids is 1. The fourth-order valence-corrected chi connectivity index (χ4v) is 3.84. The molecule has 0 saturated carbocycles. The van der Waals surface area contributed by atoms with Gasteiger partial charge in [-0.3, -0.25) is 14.4 Å². The van der Waals surface area contributed by atoms with Crippen LogP contribution in [0.25, 0.3) is 0 Å². The Balaban J connectivity index is 1.83. The zero-order valence-electron chi connectivity index (χ0n) is 16.1. The van der Waals surface area contributed by atoms with Crippen LogP contribution in [0.15, 0.2) is 47.4 Å². The minimum Gasteiger partial charge on any atom is -0.481 e. The van der Waals surface area contributed by atoms with Gasteiger partial charge in [0.25, 0.3) is 11.5 Å². The molecule has 0 aliphatic carbocycles. The Labute approximate surface area is 164 Å². The van der Waals surface area contributed by atoms with Crippen molar-refractivity contribution in [2.45, 2.75) is 51.6 Å². The van der Waals surface area contributed by atoms with Gasteiger partial charge in [-0.05, 0) is 50.3 Å². The molecule has 1 amide bonds. The predicted octanol–water partition coefficient (Wildman–Crippen LogP) is 3.06. The normalized spacial score (nSPS) is 16.8. The second-order valence-corrected chi connectivity index (χ2v) is 7.42. The minimum absolute atomic E-state index is 0.0286. The lowest BCUT2D eigenvalue weighted by Gasteiger charge is -2.35. The molecule has 28 heavy (non-hydrogen) atoms. The third-order valence-electron chi connectivity index (χ3n) is 5.27. The number of benzene rings is 1. The van der Waals surface area contributed by atoms with E-state index in [2.05, 4.69) is 0 Å². The zero-order valence-corrected chi connectivity index (χ0v) is 16.1. The average molecular weight is 382 g/mol. The van der Waals surface area contributed by atoms with Crippen molar-refractivity contribution in [3.8, 4) is 0 Å². The summed E-state index contributed by atoms with van der Waals surface area (Å²) in [7, 11) is 0. The van der Waals surface area contributed by atoms with E-state index in [4.69, 9.17) is 5.11 Å². The molecule has 6 nitrogen and oxygen atoms in total. The molecular weight excluding hydrogens is 356 g/mol. The van der Waals surface area contributed by atoms with Gasteiger partial charge >= 0.3 is 5.97 Å². The summed E-state index contributed by atoms with van der Waals surface area (Å²) < 4.78 is 1.55. The molecule has 1 aliphatic rings. The number of aromatic nitrogens is 1. The summed E-state index contributed by atoms with van der Waals surface area (Å²) in [4.78, 5) is 38.7. The van der Waals surface area contributed by atoms with Gasteiger partial charge < -0.3 is 14.6 Å². The van der Waals surface area contributed by atoms with Crippen molar-refractivity contribution in [2.24, 2.45) is 0 Å². The van der Waals surface area contributed by atoms with Gasteiger partial charge in [0.1, 0.15) is 5.56 Å². The minimum atomic E-state index is -0.863. The largest absolute Gasteiger partial charge is 0.481 e. The molecule has 2 heterocycles. The predicted molar refractivity (Wildman–Crippen MR) is 107 cm³/mol. The quantitative estimate of drug-likeness (QED) is 0.833. The monoisotopic (exact) mass is 382 g/mol. The van der Waals surface area contributed by atoms with Crippen molar-refractivity contribution in [3.05, 3.63) is 69.6 Å². The summed E-state index contributed by atoms with van der Waals surface area (Å²) in [5.41, 5.74) is 1.96. The molecule has 6 heteroatoms. The number of carboxylic acid groups (broad SMARTS) is 1. The fraction of sp³-hybridized carbons (Fsp3) is 0.409. The van der Waals surface area contributed by atoms with Crippen molar-refractivity contribution in [2.75, 3.05) is 6.54 Å². The van der Waals surface area contributed by atoms with Crippen molar-refractivity contribution in [1.82, 2.24) is 9.47 Å². The maximum absolute atomic E-state index is 13.1. The zero-order chi connectivity index (χ0) is 20.1. The number of nitrogens with zero attached hydrogens (tertiary/aromatic N) is 2. The lowest BCUT2D eigenvalue weighted by molar-refractivity contribution is -0.137. The maximum Gasteiger partial charge on any atom is 0.303 e. The Kier molecular flexibility index (Phi) is 6.29. The molecule has 0 bridgehead atoms. The number of likely N-dealkylation sites (tertiary alicyclic amines) is 1. The molecule has 0 spiro atoms. The number of piperidine rings is 1. The van der Waals surface area contributed by atoms with E-state index < -0.39 is 5.97 Å². The highest BCUT2D eigenvalue weighted by atomic mass is 16.4. The first kappa shape index (κ1) is 19.9. The number of carboxylic acids is 1. The van der Waals surface area contributed by atoms with Crippen LogP contribution in [0.4, 0.5) is 0 Å². The van der Waals surface area contributed by atoms with E-state index in [1.54, 1.807) is 27.8 Å². The van der Waals surface area contributed by atoms with E-state index in [9.17, 15) is 14.4 Å². The summed E-state index contributed by atoms with van der Waals surface area (Å²) in [6.45, 7) is 2.97. The number of aryl methyl sites for hydroxylation is 1. The Morgan fingerprint density at radius 2 is 2.00 bits per heavy atom. The highest BCUT2D eigenvalue weighted by molar-refractivity contribution is 5.94. The van der Waals surface area contributed by atoms with Gasteiger partial charge in [-0.2, -0.15) is 0 Å². The SMILES string of the molecule is Cc1cccc(Cn2cccc(C(=O)N3CCCCC3CCC(=O)O)c2=O)c1. The van der Waals surface area contributed by atoms with E-state index in [1.807, 2.05) is 31.2 Å². The molecule has 1 N–H and O–H groups in total. The number of aliphatic carboxylic acids is 1. The number of hydrogen-bond donors (Lipinski definition) is 1. The van der Waals surface area contributed by atoms with Crippen molar-refractivity contribution >= 4 is 11.9 Å². The molecule has 148 valence electrons. The molecular formula is C22H26N2O4. The van der Waals surface area contributed by atoms with Gasteiger partial charge in [-0.1, -0.05) is 29.8 Å². The van der Waals surface area contributed by atoms with Crippen LogP contribution < -0.4 is 5.56 Å². The topological polar surface area (TPSA) is 79.6 Å². The smallest absolute Gasteiger partial charge is 0.303 e. The first-order valence-electron chi connectivity index (χ1n) is 9.73. The fourth-order valence-electron chi connectivity index (χ4n) is 3.84. The Morgan fingerprint density at radius 1 is 1.18 bits per heavy atom. The number of amides is 1. The van der Waals surface area contributed by atoms with Crippen LogP contribution in [0.5, 0.6) is 0 Å². The van der Waals surface area contributed by atoms with Crippen LogP contribution in [-0.2, 0) is 11.3 Å². The van der Waals surface area contributed by atoms with E-state index >= 15 is 0 Å². The number of rotatable bonds is 6.